The van der Waals surface area contributed by atoms with Gasteiger partial charge in [-0.2, -0.15) is 0 Å². The predicted molar refractivity (Wildman–Crippen MR) is 83.5 cm³/mol. The lowest BCUT2D eigenvalue weighted by molar-refractivity contribution is 0.312. The van der Waals surface area contributed by atoms with Crippen LogP contribution in [-0.4, -0.2) is 12.6 Å². The molecule has 1 aromatic rings. The van der Waals surface area contributed by atoms with Gasteiger partial charge in [0.15, 0.2) is 0 Å². The van der Waals surface area contributed by atoms with Gasteiger partial charge in [-0.05, 0) is 49.8 Å². The van der Waals surface area contributed by atoms with Crippen molar-refractivity contribution >= 4 is 23.2 Å². The lowest BCUT2D eigenvalue weighted by Crippen LogP contribution is -2.15. The van der Waals surface area contributed by atoms with Gasteiger partial charge >= 0.3 is 0 Å². The smallest absolute Gasteiger partial charge is 0.141 e. The largest absolute Gasteiger partial charge is 0.492 e. The minimum absolute atomic E-state index is 0.206. The normalized spacial score (nSPS) is 14.2. The van der Waals surface area contributed by atoms with Gasteiger partial charge < -0.3 is 10.5 Å². The molecule has 2 unspecified atom stereocenters. The Hall–Kier alpha value is -0.440. The number of ether oxygens (including phenoxy) is 1. The molecule has 0 spiro atoms. The van der Waals surface area contributed by atoms with Crippen LogP contribution in [0.2, 0.25) is 10.0 Å². The number of benzene rings is 1. The lowest BCUT2D eigenvalue weighted by atomic mass is 9.94. The second-order valence-corrected chi connectivity index (χ2v) is 5.95. The Balaban J connectivity index is 2.95. The second-order valence-electron chi connectivity index (χ2n) is 5.11. The molecule has 1 rings (SSSR count). The van der Waals surface area contributed by atoms with E-state index < -0.39 is 0 Å². The van der Waals surface area contributed by atoms with Crippen molar-refractivity contribution in [1.82, 2.24) is 0 Å². The molecule has 0 aliphatic rings. The van der Waals surface area contributed by atoms with E-state index in [1.165, 1.54) is 0 Å². The van der Waals surface area contributed by atoms with Crippen molar-refractivity contribution in [2.24, 2.45) is 5.73 Å². The van der Waals surface area contributed by atoms with Crippen LogP contribution >= 0.6 is 23.2 Å². The summed E-state index contributed by atoms with van der Waals surface area (Å²) in [6, 6.07) is 3.89. The Morgan fingerprint density at radius 1 is 1.21 bits per heavy atom. The molecule has 0 saturated heterocycles. The van der Waals surface area contributed by atoms with E-state index in [1.807, 2.05) is 13.0 Å². The van der Waals surface area contributed by atoms with Gasteiger partial charge in [-0.3, -0.25) is 0 Å². The standard InChI is InChI=1S/C15H23Cl2NO/c1-4-7-19-15-13(8-12(16)9-14(15)17)10(2)5-6-11(3)18/h8-11H,4-7,18H2,1-3H3. The molecule has 0 radical (unpaired) electrons. The first-order valence-corrected chi connectivity index (χ1v) is 7.58. The van der Waals surface area contributed by atoms with Crippen molar-refractivity contribution < 1.29 is 4.74 Å². The molecule has 2 nitrogen and oxygen atoms in total. The topological polar surface area (TPSA) is 35.2 Å². The molecule has 4 heteroatoms. The molecule has 1 aromatic carbocycles. The Morgan fingerprint density at radius 3 is 2.47 bits per heavy atom. The molecule has 0 aliphatic carbocycles. The van der Waals surface area contributed by atoms with Gasteiger partial charge in [-0.25, -0.2) is 0 Å². The summed E-state index contributed by atoms with van der Waals surface area (Å²) in [6.07, 6.45) is 2.92. The van der Waals surface area contributed by atoms with E-state index in [4.69, 9.17) is 33.7 Å². The van der Waals surface area contributed by atoms with Gasteiger partial charge in [0.2, 0.25) is 0 Å². The first kappa shape index (κ1) is 16.6. The summed E-state index contributed by atoms with van der Waals surface area (Å²) >= 11 is 12.3. The first-order chi connectivity index (χ1) is 8.95. The van der Waals surface area contributed by atoms with E-state index in [0.717, 1.165) is 30.6 Å². The molecule has 0 heterocycles. The van der Waals surface area contributed by atoms with Gasteiger partial charge in [0.05, 0.1) is 11.6 Å². The average Bonchev–Trinajstić information content (AvgIpc) is 2.34. The Bertz CT molecular complexity index is 407. The quantitative estimate of drug-likeness (QED) is 0.768. The fourth-order valence-corrected chi connectivity index (χ4v) is 2.53. The number of hydrogen-bond acceptors (Lipinski definition) is 2. The van der Waals surface area contributed by atoms with Crippen LogP contribution in [0.3, 0.4) is 0 Å². The Labute approximate surface area is 126 Å². The van der Waals surface area contributed by atoms with E-state index >= 15 is 0 Å². The van der Waals surface area contributed by atoms with E-state index in [0.29, 0.717) is 22.6 Å². The molecule has 0 aromatic heterocycles. The minimum Gasteiger partial charge on any atom is -0.492 e. The fraction of sp³-hybridized carbons (Fsp3) is 0.600. The highest BCUT2D eigenvalue weighted by molar-refractivity contribution is 6.35. The summed E-state index contributed by atoms with van der Waals surface area (Å²) in [5, 5.41) is 1.24. The van der Waals surface area contributed by atoms with Crippen molar-refractivity contribution in [1.29, 1.82) is 0 Å². The second kappa shape index (κ2) is 7.98. The highest BCUT2D eigenvalue weighted by Gasteiger charge is 2.16. The van der Waals surface area contributed by atoms with Crippen LogP contribution in [0, 0.1) is 0 Å². The maximum atomic E-state index is 6.24. The van der Waals surface area contributed by atoms with Gasteiger partial charge in [0.1, 0.15) is 5.75 Å². The number of rotatable bonds is 7. The van der Waals surface area contributed by atoms with Crippen LogP contribution in [0.15, 0.2) is 12.1 Å². The van der Waals surface area contributed by atoms with Crippen molar-refractivity contribution in [2.45, 2.75) is 52.0 Å². The Kier molecular flexibility index (Phi) is 6.98. The predicted octanol–water partition coefficient (Wildman–Crippen LogP) is 5.01. The van der Waals surface area contributed by atoms with Crippen LogP contribution < -0.4 is 10.5 Å². The highest BCUT2D eigenvalue weighted by atomic mass is 35.5. The first-order valence-electron chi connectivity index (χ1n) is 6.83. The molecule has 0 bridgehead atoms. The maximum Gasteiger partial charge on any atom is 0.141 e. The lowest BCUT2D eigenvalue weighted by Gasteiger charge is -2.19. The average molecular weight is 304 g/mol. The number of nitrogens with two attached hydrogens (primary N) is 1. The molecule has 108 valence electrons. The summed E-state index contributed by atoms with van der Waals surface area (Å²) in [5.41, 5.74) is 6.89. The van der Waals surface area contributed by atoms with Crippen LogP contribution in [-0.2, 0) is 0 Å². The van der Waals surface area contributed by atoms with Crippen LogP contribution in [0.5, 0.6) is 5.75 Å². The third kappa shape index (κ3) is 5.21. The third-order valence-corrected chi connectivity index (χ3v) is 3.57. The molecule has 2 N–H and O–H groups in total. The molecule has 0 fully saturated rings. The summed E-state index contributed by atoms with van der Waals surface area (Å²) in [5.74, 6) is 1.10. The van der Waals surface area contributed by atoms with Gasteiger partial charge in [0.25, 0.3) is 0 Å². The molecule has 0 amide bonds. The van der Waals surface area contributed by atoms with E-state index in [9.17, 15) is 0 Å². The zero-order chi connectivity index (χ0) is 14.4. The molecule has 0 saturated carbocycles. The van der Waals surface area contributed by atoms with E-state index in [1.54, 1.807) is 6.07 Å². The third-order valence-electron chi connectivity index (χ3n) is 3.07. The Morgan fingerprint density at radius 2 is 1.89 bits per heavy atom. The summed E-state index contributed by atoms with van der Waals surface area (Å²) in [7, 11) is 0. The SMILES string of the molecule is CCCOc1c(Cl)cc(Cl)cc1C(C)CCC(C)N. The van der Waals surface area contributed by atoms with Crippen molar-refractivity contribution in [3.05, 3.63) is 27.7 Å². The zero-order valence-electron chi connectivity index (χ0n) is 11.9. The molecule has 0 aliphatic heterocycles. The summed E-state index contributed by atoms with van der Waals surface area (Å²) in [4.78, 5) is 0. The van der Waals surface area contributed by atoms with Crippen LogP contribution in [0.1, 0.15) is 51.5 Å². The fourth-order valence-electron chi connectivity index (χ4n) is 1.97. The van der Waals surface area contributed by atoms with Crippen LogP contribution in [0.25, 0.3) is 0 Å². The molecular weight excluding hydrogens is 281 g/mol. The maximum absolute atomic E-state index is 6.24. The number of halogens is 2. The molecule has 19 heavy (non-hydrogen) atoms. The highest BCUT2D eigenvalue weighted by Crippen LogP contribution is 2.38. The van der Waals surface area contributed by atoms with Crippen molar-refractivity contribution in [2.75, 3.05) is 6.61 Å². The van der Waals surface area contributed by atoms with E-state index in [-0.39, 0.29) is 6.04 Å². The zero-order valence-corrected chi connectivity index (χ0v) is 13.4. The monoisotopic (exact) mass is 303 g/mol. The summed E-state index contributed by atoms with van der Waals surface area (Å²) in [6.45, 7) is 6.91. The van der Waals surface area contributed by atoms with Gasteiger partial charge in [-0.1, -0.05) is 37.0 Å². The van der Waals surface area contributed by atoms with Crippen molar-refractivity contribution in [3.8, 4) is 5.75 Å². The van der Waals surface area contributed by atoms with Gasteiger partial charge in [-0.15, -0.1) is 0 Å². The summed E-state index contributed by atoms with van der Waals surface area (Å²) < 4.78 is 5.78. The van der Waals surface area contributed by atoms with E-state index in [2.05, 4.69) is 13.8 Å². The van der Waals surface area contributed by atoms with Gasteiger partial charge in [0, 0.05) is 11.1 Å². The minimum atomic E-state index is 0.206. The van der Waals surface area contributed by atoms with Crippen LogP contribution in [0.4, 0.5) is 0 Å². The number of hydrogen-bond donors (Lipinski definition) is 1. The van der Waals surface area contributed by atoms with Crippen molar-refractivity contribution in [3.63, 3.8) is 0 Å². The molecular formula is C15H23Cl2NO. The molecule has 2 atom stereocenters.